The molecule has 0 bridgehead atoms. The molecule has 3 heterocycles. The highest BCUT2D eigenvalue weighted by Crippen LogP contribution is 2.25. The number of benzene rings is 1. The fourth-order valence-electron chi connectivity index (χ4n) is 3.22. The Morgan fingerprint density at radius 1 is 1.06 bits per heavy atom. The van der Waals surface area contributed by atoms with Crippen LogP contribution in [-0.4, -0.2) is 72.6 Å². The smallest absolute Gasteiger partial charge is 0.409 e. The minimum absolute atomic E-state index is 0.0390. The van der Waals surface area contributed by atoms with E-state index >= 15 is 0 Å². The normalized spacial score (nSPS) is 14.7. The number of piperazine rings is 1. The third kappa shape index (κ3) is 5.13. The zero-order valence-corrected chi connectivity index (χ0v) is 20.3. The molecule has 34 heavy (non-hydrogen) atoms. The lowest BCUT2D eigenvalue weighted by atomic mass is 10.2. The lowest BCUT2D eigenvalue weighted by molar-refractivity contribution is 0.0933. The van der Waals surface area contributed by atoms with Gasteiger partial charge in [0.1, 0.15) is 0 Å². The van der Waals surface area contributed by atoms with Crippen LogP contribution in [0.2, 0.25) is 0 Å². The molecule has 1 fully saturated rings. The molecule has 14 heteroatoms. The Kier molecular flexibility index (Phi) is 7.00. The second-order valence-electron chi connectivity index (χ2n) is 7.08. The third-order valence-corrected chi connectivity index (χ3v) is 7.29. The van der Waals surface area contributed by atoms with E-state index in [1.165, 1.54) is 33.5 Å². The fraction of sp³-hybridized carbons (Fsp3) is 0.300. The summed E-state index contributed by atoms with van der Waals surface area (Å²) >= 11 is 3.17. The number of nitrogens with zero attached hydrogens (tertiary/aromatic N) is 4. The number of nitrogens with one attached hydrogen (secondary N) is 1. The van der Waals surface area contributed by atoms with Crippen LogP contribution >= 0.6 is 15.9 Å². The van der Waals surface area contributed by atoms with Crippen LogP contribution in [0.4, 0.5) is 10.8 Å². The van der Waals surface area contributed by atoms with Crippen molar-refractivity contribution >= 4 is 44.0 Å². The first-order chi connectivity index (χ1) is 16.3. The van der Waals surface area contributed by atoms with Crippen LogP contribution < -0.4 is 5.32 Å². The fourth-order valence-corrected chi connectivity index (χ4v) is 4.95. The van der Waals surface area contributed by atoms with Crippen LogP contribution in [0.25, 0.3) is 11.7 Å². The highest BCUT2D eigenvalue weighted by Gasteiger charge is 2.30. The van der Waals surface area contributed by atoms with Crippen molar-refractivity contribution in [2.45, 2.75) is 11.8 Å². The predicted molar refractivity (Wildman–Crippen MR) is 121 cm³/mol. The van der Waals surface area contributed by atoms with Gasteiger partial charge in [-0.3, -0.25) is 10.1 Å². The van der Waals surface area contributed by atoms with Gasteiger partial charge in [-0.1, -0.05) is 5.10 Å². The first-order valence-electron chi connectivity index (χ1n) is 10.2. The van der Waals surface area contributed by atoms with Gasteiger partial charge in [-0.25, -0.2) is 13.2 Å². The molecule has 2 amide bonds. The van der Waals surface area contributed by atoms with Crippen LogP contribution in [0.15, 0.2) is 54.8 Å². The maximum Gasteiger partial charge on any atom is 0.409 e. The summed E-state index contributed by atoms with van der Waals surface area (Å²) in [5.74, 6) is -0.133. The number of hydrogen-bond donors (Lipinski definition) is 1. The van der Waals surface area contributed by atoms with Gasteiger partial charge in [-0.2, -0.15) is 4.31 Å². The molecule has 0 atom stereocenters. The van der Waals surface area contributed by atoms with Crippen LogP contribution in [-0.2, 0) is 14.8 Å². The molecule has 0 unspecified atom stereocenters. The summed E-state index contributed by atoms with van der Waals surface area (Å²) in [6.07, 6.45) is -0.458. The number of amides is 2. The van der Waals surface area contributed by atoms with E-state index in [1.807, 2.05) is 0 Å². The number of carbonyl (C=O) groups excluding carboxylic acids is 2. The molecular formula is C20H20BrN5O7S. The standard InChI is InChI=1S/C20H20BrN5O7S/c1-2-31-20(28)25-9-11-26(12-10-25)34(29,30)14-5-3-13(4-6-14)17(27)22-19-24-23-18(33-19)15-7-8-16(21)32-15/h3-8H,2,9-12H2,1H3,(H,22,24,27). The number of furan rings is 1. The van der Waals surface area contributed by atoms with Crippen molar-refractivity contribution in [3.63, 3.8) is 0 Å². The molecule has 1 saturated heterocycles. The molecule has 4 rings (SSSR count). The van der Waals surface area contributed by atoms with Gasteiger partial charge < -0.3 is 18.5 Å². The lowest BCUT2D eigenvalue weighted by Crippen LogP contribution is -2.50. The summed E-state index contributed by atoms with van der Waals surface area (Å²) in [4.78, 5) is 25.8. The number of aromatic nitrogens is 2. The SMILES string of the molecule is CCOC(=O)N1CCN(S(=O)(=O)c2ccc(C(=O)Nc3nnc(-c4ccc(Br)o4)o3)cc2)CC1. The molecular weight excluding hydrogens is 534 g/mol. The van der Waals surface area contributed by atoms with Gasteiger partial charge in [0.2, 0.25) is 10.0 Å². The first-order valence-corrected chi connectivity index (χ1v) is 12.4. The van der Waals surface area contributed by atoms with E-state index in [4.69, 9.17) is 13.6 Å². The average molecular weight is 554 g/mol. The summed E-state index contributed by atoms with van der Waals surface area (Å²) in [7, 11) is -3.78. The van der Waals surface area contributed by atoms with E-state index in [9.17, 15) is 18.0 Å². The number of anilines is 1. The monoisotopic (exact) mass is 553 g/mol. The molecule has 0 saturated carbocycles. The molecule has 0 aliphatic carbocycles. The topological polar surface area (TPSA) is 148 Å². The minimum atomic E-state index is -3.78. The van der Waals surface area contributed by atoms with Crippen LogP contribution in [0.3, 0.4) is 0 Å². The quantitative estimate of drug-likeness (QED) is 0.486. The molecule has 180 valence electrons. The van der Waals surface area contributed by atoms with Gasteiger partial charge in [-0.15, -0.1) is 5.10 Å². The molecule has 12 nitrogen and oxygen atoms in total. The van der Waals surface area contributed by atoms with Gasteiger partial charge in [0.05, 0.1) is 11.5 Å². The van der Waals surface area contributed by atoms with Crippen molar-refractivity contribution in [3.05, 3.63) is 46.6 Å². The van der Waals surface area contributed by atoms with E-state index in [0.29, 0.717) is 10.4 Å². The molecule has 0 spiro atoms. The Morgan fingerprint density at radius 2 is 1.76 bits per heavy atom. The van der Waals surface area contributed by atoms with Gasteiger partial charge in [0.25, 0.3) is 11.8 Å². The van der Waals surface area contributed by atoms with Crippen molar-refractivity contribution in [3.8, 4) is 11.7 Å². The van der Waals surface area contributed by atoms with E-state index in [-0.39, 0.29) is 55.2 Å². The van der Waals surface area contributed by atoms with Crippen molar-refractivity contribution in [2.75, 3.05) is 38.1 Å². The van der Waals surface area contributed by atoms with Gasteiger partial charge >= 0.3 is 12.1 Å². The van der Waals surface area contributed by atoms with Crippen molar-refractivity contribution < 1.29 is 31.6 Å². The van der Waals surface area contributed by atoms with Crippen LogP contribution in [0, 0.1) is 0 Å². The lowest BCUT2D eigenvalue weighted by Gasteiger charge is -2.33. The zero-order chi connectivity index (χ0) is 24.3. The maximum atomic E-state index is 12.9. The van der Waals surface area contributed by atoms with E-state index in [1.54, 1.807) is 19.1 Å². The predicted octanol–water partition coefficient (Wildman–Crippen LogP) is 2.81. The summed E-state index contributed by atoms with van der Waals surface area (Å²) in [6, 6.07) is 8.62. The second kappa shape index (κ2) is 9.95. The largest absolute Gasteiger partial charge is 0.450 e. The van der Waals surface area contributed by atoms with E-state index in [2.05, 4.69) is 31.4 Å². The highest BCUT2D eigenvalue weighted by molar-refractivity contribution is 9.10. The molecule has 1 aliphatic rings. The third-order valence-electron chi connectivity index (χ3n) is 4.95. The van der Waals surface area contributed by atoms with Crippen LogP contribution in [0.5, 0.6) is 0 Å². The van der Waals surface area contributed by atoms with Crippen LogP contribution in [0.1, 0.15) is 17.3 Å². The molecule has 2 aromatic heterocycles. The Bertz CT molecular complexity index is 1280. The average Bonchev–Trinajstić information content (AvgIpc) is 3.48. The molecule has 1 aliphatic heterocycles. The van der Waals surface area contributed by atoms with Crippen molar-refractivity contribution in [1.29, 1.82) is 0 Å². The zero-order valence-electron chi connectivity index (χ0n) is 17.9. The van der Waals surface area contributed by atoms with Crippen molar-refractivity contribution in [1.82, 2.24) is 19.4 Å². The number of rotatable bonds is 6. The van der Waals surface area contributed by atoms with E-state index in [0.717, 1.165) is 0 Å². The number of carbonyl (C=O) groups is 2. The summed E-state index contributed by atoms with van der Waals surface area (Å²) < 4.78 is 43.3. The Morgan fingerprint density at radius 3 is 2.38 bits per heavy atom. The minimum Gasteiger partial charge on any atom is -0.450 e. The molecule has 1 aromatic carbocycles. The van der Waals surface area contributed by atoms with Gasteiger partial charge in [-0.05, 0) is 59.3 Å². The van der Waals surface area contributed by atoms with Gasteiger partial charge in [0, 0.05) is 31.7 Å². The molecule has 1 N–H and O–H groups in total. The number of ether oxygens (including phenoxy) is 1. The second-order valence-corrected chi connectivity index (χ2v) is 9.80. The number of hydrogen-bond acceptors (Lipinski definition) is 9. The molecule has 3 aromatic rings. The Labute approximate surface area is 203 Å². The van der Waals surface area contributed by atoms with Gasteiger partial charge in [0.15, 0.2) is 10.4 Å². The summed E-state index contributed by atoms with van der Waals surface area (Å²) in [6.45, 7) is 2.73. The maximum absolute atomic E-state index is 12.9. The Balaban J connectivity index is 1.38. The first kappa shape index (κ1) is 23.9. The number of halogens is 1. The summed E-state index contributed by atoms with van der Waals surface area (Å²) in [5, 5.41) is 10.0. The van der Waals surface area contributed by atoms with E-state index < -0.39 is 22.0 Å². The molecule has 0 radical (unpaired) electrons. The Hall–Kier alpha value is -3.23. The highest BCUT2D eigenvalue weighted by atomic mass is 79.9. The summed E-state index contributed by atoms with van der Waals surface area (Å²) in [5.41, 5.74) is 0.201. The van der Waals surface area contributed by atoms with Crippen molar-refractivity contribution in [2.24, 2.45) is 0 Å². The number of sulfonamides is 1.